The van der Waals surface area contributed by atoms with E-state index >= 15 is 0 Å². The van der Waals surface area contributed by atoms with Gasteiger partial charge in [0.05, 0.1) is 12.7 Å². The van der Waals surface area contributed by atoms with Crippen LogP contribution in [-0.2, 0) is 10.3 Å². The average molecular weight is 356 g/mol. The Kier molecular flexibility index (Phi) is 5.93. The highest BCUT2D eigenvalue weighted by atomic mass is 35.5. The minimum absolute atomic E-state index is 0. The summed E-state index contributed by atoms with van der Waals surface area (Å²) < 4.78 is 33.8. The van der Waals surface area contributed by atoms with Gasteiger partial charge in [-0.2, -0.15) is 0 Å². The summed E-state index contributed by atoms with van der Waals surface area (Å²) in [6, 6.07) is 10.7. The van der Waals surface area contributed by atoms with Crippen LogP contribution in [0, 0.1) is 11.6 Å². The van der Waals surface area contributed by atoms with Crippen molar-refractivity contribution in [3.05, 3.63) is 70.8 Å². The van der Waals surface area contributed by atoms with Crippen molar-refractivity contribution in [1.29, 1.82) is 0 Å². The highest BCUT2D eigenvalue weighted by Gasteiger charge is 2.41. The van der Waals surface area contributed by atoms with Crippen molar-refractivity contribution in [1.82, 2.24) is 5.32 Å². The second kappa shape index (κ2) is 7.57. The Morgan fingerprint density at radius 3 is 2.54 bits per heavy atom. The number of nitrogens with one attached hydrogen (secondary N) is 1. The van der Waals surface area contributed by atoms with E-state index in [0.717, 1.165) is 6.07 Å². The minimum atomic E-state index is -1.09. The monoisotopic (exact) mass is 355 g/mol. The quantitative estimate of drug-likeness (QED) is 0.887. The molecule has 1 saturated heterocycles. The van der Waals surface area contributed by atoms with Gasteiger partial charge in [0.25, 0.3) is 0 Å². The summed E-state index contributed by atoms with van der Waals surface area (Å²) in [5.41, 5.74) is 0.524. The Labute approximate surface area is 146 Å². The smallest absolute Gasteiger partial charge is 0.134 e. The molecule has 2 N–H and O–H groups in total. The van der Waals surface area contributed by atoms with Gasteiger partial charge in [0.2, 0.25) is 0 Å². The van der Waals surface area contributed by atoms with Crippen LogP contribution in [0.4, 0.5) is 8.78 Å². The third-order valence-corrected chi connectivity index (χ3v) is 4.21. The first-order valence-electron chi connectivity index (χ1n) is 7.62. The van der Waals surface area contributed by atoms with Gasteiger partial charge in [-0.15, -0.1) is 12.4 Å². The number of rotatable bonds is 3. The topological polar surface area (TPSA) is 41.5 Å². The summed E-state index contributed by atoms with van der Waals surface area (Å²) in [7, 11) is 0. The number of hydrogen-bond donors (Lipinski definition) is 2. The van der Waals surface area contributed by atoms with Crippen molar-refractivity contribution in [2.45, 2.75) is 18.6 Å². The van der Waals surface area contributed by atoms with E-state index in [1.807, 2.05) is 18.2 Å². The highest BCUT2D eigenvalue weighted by Crippen LogP contribution is 2.39. The second-order valence-electron chi connectivity index (χ2n) is 5.74. The van der Waals surface area contributed by atoms with Gasteiger partial charge < -0.3 is 15.2 Å². The molecule has 130 valence electrons. The molecular formula is C18H20ClF2NO2. The molecule has 3 nitrogen and oxygen atoms in total. The van der Waals surface area contributed by atoms with Gasteiger partial charge in [0.15, 0.2) is 0 Å². The van der Waals surface area contributed by atoms with E-state index in [4.69, 9.17) is 4.74 Å². The molecule has 0 bridgehead atoms. The molecule has 2 unspecified atom stereocenters. The van der Waals surface area contributed by atoms with E-state index in [1.54, 1.807) is 13.0 Å². The molecule has 0 radical (unpaired) electrons. The van der Waals surface area contributed by atoms with E-state index in [2.05, 4.69) is 5.32 Å². The Morgan fingerprint density at radius 2 is 1.92 bits per heavy atom. The summed E-state index contributed by atoms with van der Waals surface area (Å²) in [5.74, 6) is -1.29. The van der Waals surface area contributed by atoms with Crippen LogP contribution in [0.3, 0.4) is 0 Å². The number of morpholine rings is 1. The predicted octanol–water partition coefficient (Wildman–Crippen LogP) is 3.30. The van der Waals surface area contributed by atoms with Gasteiger partial charge in [-0.05, 0) is 30.2 Å². The van der Waals surface area contributed by atoms with Crippen LogP contribution in [0.2, 0.25) is 0 Å². The Hall–Kier alpha value is -1.53. The van der Waals surface area contributed by atoms with Crippen LogP contribution in [0.1, 0.15) is 29.7 Å². The summed E-state index contributed by atoms with van der Waals surface area (Å²) in [4.78, 5) is 0. The number of aliphatic hydroxyl groups is 1. The molecule has 0 aromatic heterocycles. The van der Waals surface area contributed by atoms with Crippen LogP contribution in [0.5, 0.6) is 0 Å². The minimum Gasteiger partial charge on any atom is -0.389 e. The first kappa shape index (κ1) is 18.8. The van der Waals surface area contributed by atoms with Gasteiger partial charge in [-0.1, -0.05) is 24.3 Å². The van der Waals surface area contributed by atoms with Crippen LogP contribution < -0.4 is 5.32 Å². The predicted molar refractivity (Wildman–Crippen MR) is 90.3 cm³/mol. The molecule has 0 amide bonds. The highest BCUT2D eigenvalue weighted by molar-refractivity contribution is 5.85. The van der Waals surface area contributed by atoms with Crippen LogP contribution in [0.25, 0.3) is 0 Å². The normalized spacial score (nSPS) is 21.8. The first-order chi connectivity index (χ1) is 11.0. The largest absolute Gasteiger partial charge is 0.389 e. The summed E-state index contributed by atoms with van der Waals surface area (Å²) in [6.07, 6.45) is -0.725. The molecular weight excluding hydrogens is 336 g/mol. The van der Waals surface area contributed by atoms with E-state index in [-0.39, 0.29) is 18.0 Å². The molecule has 6 heteroatoms. The van der Waals surface area contributed by atoms with E-state index in [0.29, 0.717) is 30.8 Å². The summed E-state index contributed by atoms with van der Waals surface area (Å²) >= 11 is 0. The fourth-order valence-corrected chi connectivity index (χ4v) is 3.15. The molecule has 1 heterocycles. The third-order valence-electron chi connectivity index (χ3n) is 4.21. The van der Waals surface area contributed by atoms with Crippen molar-refractivity contribution in [2.24, 2.45) is 0 Å². The molecule has 1 aliphatic heterocycles. The number of benzene rings is 2. The molecule has 2 aromatic rings. The molecule has 0 aliphatic carbocycles. The Balaban J connectivity index is 0.00000208. The SMILES string of the molecule is CC(O)c1ccccc1C1(c2ccc(F)cc2F)CNCCO1.Cl. The van der Waals surface area contributed by atoms with Gasteiger partial charge in [0.1, 0.15) is 17.2 Å². The van der Waals surface area contributed by atoms with Crippen molar-refractivity contribution >= 4 is 12.4 Å². The molecule has 3 rings (SSSR count). The molecule has 1 fully saturated rings. The van der Waals surface area contributed by atoms with Crippen LogP contribution >= 0.6 is 12.4 Å². The lowest BCUT2D eigenvalue weighted by Crippen LogP contribution is -2.49. The average Bonchev–Trinajstić information content (AvgIpc) is 2.55. The molecule has 0 spiro atoms. The maximum Gasteiger partial charge on any atom is 0.134 e. The van der Waals surface area contributed by atoms with Gasteiger partial charge >= 0.3 is 0 Å². The zero-order valence-electron chi connectivity index (χ0n) is 13.3. The van der Waals surface area contributed by atoms with Crippen molar-refractivity contribution in [2.75, 3.05) is 19.7 Å². The second-order valence-corrected chi connectivity index (χ2v) is 5.74. The molecule has 24 heavy (non-hydrogen) atoms. The summed E-state index contributed by atoms with van der Waals surface area (Å²) in [5, 5.41) is 13.3. The fraction of sp³-hybridized carbons (Fsp3) is 0.333. The first-order valence-corrected chi connectivity index (χ1v) is 7.62. The third kappa shape index (κ3) is 3.30. The molecule has 0 saturated carbocycles. The summed E-state index contributed by atoms with van der Waals surface area (Å²) in [6.45, 7) is 3.05. The standard InChI is InChI=1S/C18H19F2NO2.ClH/c1-12(22)14-4-2-3-5-15(14)18(11-21-8-9-23-18)16-7-6-13(19)10-17(16)20;/h2-7,10,12,21-22H,8-9,11H2,1H3;1H. The number of aliphatic hydroxyl groups excluding tert-OH is 1. The number of halogens is 3. The van der Waals surface area contributed by atoms with Crippen LogP contribution in [-0.4, -0.2) is 24.8 Å². The van der Waals surface area contributed by atoms with Crippen molar-refractivity contribution in [3.8, 4) is 0 Å². The fourth-order valence-electron chi connectivity index (χ4n) is 3.15. The Bertz CT molecular complexity index is 703. The zero-order chi connectivity index (χ0) is 16.4. The molecule has 2 aromatic carbocycles. The maximum absolute atomic E-state index is 14.5. The van der Waals surface area contributed by atoms with E-state index in [1.165, 1.54) is 12.1 Å². The molecule has 2 atom stereocenters. The zero-order valence-corrected chi connectivity index (χ0v) is 14.1. The lowest BCUT2D eigenvalue weighted by molar-refractivity contribution is -0.0441. The van der Waals surface area contributed by atoms with Crippen molar-refractivity contribution in [3.63, 3.8) is 0 Å². The van der Waals surface area contributed by atoms with Gasteiger partial charge in [0, 0.05) is 24.7 Å². The van der Waals surface area contributed by atoms with Gasteiger partial charge in [-0.3, -0.25) is 0 Å². The number of ether oxygens (including phenoxy) is 1. The number of hydrogen-bond acceptors (Lipinski definition) is 3. The van der Waals surface area contributed by atoms with Crippen LogP contribution in [0.15, 0.2) is 42.5 Å². The molecule has 1 aliphatic rings. The van der Waals surface area contributed by atoms with E-state index in [9.17, 15) is 13.9 Å². The van der Waals surface area contributed by atoms with Crippen molar-refractivity contribution < 1.29 is 18.6 Å². The maximum atomic E-state index is 14.5. The van der Waals surface area contributed by atoms with Gasteiger partial charge in [-0.25, -0.2) is 8.78 Å². The Morgan fingerprint density at radius 1 is 1.17 bits per heavy atom. The lowest BCUT2D eigenvalue weighted by atomic mass is 9.81. The lowest BCUT2D eigenvalue weighted by Gasteiger charge is -2.40. The van der Waals surface area contributed by atoms with E-state index < -0.39 is 23.3 Å².